The molecule has 1 saturated heterocycles. The summed E-state index contributed by atoms with van der Waals surface area (Å²) in [6.07, 6.45) is 5.12. The van der Waals surface area contributed by atoms with E-state index >= 15 is 0 Å². The molecule has 1 amide bonds. The number of esters is 1. The summed E-state index contributed by atoms with van der Waals surface area (Å²) in [4.78, 5) is 24.4. The molecule has 104 valence electrons. The Bertz CT molecular complexity index is 274. The first kappa shape index (κ1) is 15.0. The Morgan fingerprint density at radius 1 is 1.33 bits per heavy atom. The van der Waals surface area contributed by atoms with Gasteiger partial charge in [0.1, 0.15) is 0 Å². The van der Waals surface area contributed by atoms with E-state index in [0.717, 1.165) is 25.9 Å². The number of ether oxygens (including phenoxy) is 2. The molecular weight excluding hydrogens is 234 g/mol. The van der Waals surface area contributed by atoms with E-state index in [0.29, 0.717) is 13.0 Å². The van der Waals surface area contributed by atoms with Crippen LogP contribution in [0.2, 0.25) is 0 Å². The largest absolute Gasteiger partial charge is 0.469 e. The first-order valence-corrected chi connectivity index (χ1v) is 6.56. The Morgan fingerprint density at radius 2 is 2.11 bits per heavy atom. The summed E-state index contributed by atoms with van der Waals surface area (Å²) in [5.41, 5.74) is 0. The molecule has 5 nitrogen and oxygen atoms in total. The van der Waals surface area contributed by atoms with E-state index in [9.17, 15) is 9.59 Å². The summed E-state index contributed by atoms with van der Waals surface area (Å²) >= 11 is 0. The SMILES string of the molecule is COC(=O)CCN(C)C(=O)CCC1CCCCO1. The summed E-state index contributed by atoms with van der Waals surface area (Å²) in [6.45, 7) is 1.23. The highest BCUT2D eigenvalue weighted by molar-refractivity contribution is 5.77. The lowest BCUT2D eigenvalue weighted by Crippen LogP contribution is -2.30. The van der Waals surface area contributed by atoms with Crippen molar-refractivity contribution in [2.75, 3.05) is 27.3 Å². The third-order valence-electron chi connectivity index (χ3n) is 3.26. The Labute approximate surface area is 108 Å². The van der Waals surface area contributed by atoms with Crippen molar-refractivity contribution in [2.45, 2.75) is 44.6 Å². The second-order valence-electron chi connectivity index (χ2n) is 4.67. The molecule has 5 heteroatoms. The molecule has 0 aromatic carbocycles. The van der Waals surface area contributed by atoms with Crippen LogP contribution in [-0.4, -0.2) is 50.2 Å². The van der Waals surface area contributed by atoms with Crippen molar-refractivity contribution in [1.82, 2.24) is 4.90 Å². The fourth-order valence-electron chi connectivity index (χ4n) is 2.00. The first-order valence-electron chi connectivity index (χ1n) is 6.56. The van der Waals surface area contributed by atoms with Crippen LogP contribution < -0.4 is 0 Å². The molecule has 0 spiro atoms. The maximum atomic E-state index is 11.8. The lowest BCUT2D eigenvalue weighted by atomic mass is 10.0. The van der Waals surface area contributed by atoms with E-state index in [4.69, 9.17) is 4.74 Å². The first-order chi connectivity index (χ1) is 8.63. The van der Waals surface area contributed by atoms with Gasteiger partial charge in [0.25, 0.3) is 0 Å². The van der Waals surface area contributed by atoms with Crippen molar-refractivity contribution in [3.05, 3.63) is 0 Å². The maximum Gasteiger partial charge on any atom is 0.307 e. The normalized spacial score (nSPS) is 19.3. The zero-order chi connectivity index (χ0) is 13.4. The van der Waals surface area contributed by atoms with E-state index in [-0.39, 0.29) is 24.4 Å². The Hall–Kier alpha value is -1.10. The monoisotopic (exact) mass is 257 g/mol. The topological polar surface area (TPSA) is 55.8 Å². The van der Waals surface area contributed by atoms with Gasteiger partial charge in [-0.3, -0.25) is 9.59 Å². The van der Waals surface area contributed by atoms with Crippen molar-refractivity contribution >= 4 is 11.9 Å². The van der Waals surface area contributed by atoms with E-state index < -0.39 is 0 Å². The highest BCUT2D eigenvalue weighted by Gasteiger charge is 2.17. The van der Waals surface area contributed by atoms with Crippen LogP contribution in [0.25, 0.3) is 0 Å². The highest BCUT2D eigenvalue weighted by atomic mass is 16.5. The van der Waals surface area contributed by atoms with Crippen molar-refractivity contribution in [3.8, 4) is 0 Å². The predicted octanol–water partition coefficient (Wildman–Crippen LogP) is 1.36. The fourth-order valence-corrected chi connectivity index (χ4v) is 2.00. The maximum absolute atomic E-state index is 11.8. The molecule has 1 atom stereocenters. The number of amides is 1. The third-order valence-corrected chi connectivity index (χ3v) is 3.26. The van der Waals surface area contributed by atoms with Gasteiger partial charge in [-0.15, -0.1) is 0 Å². The lowest BCUT2D eigenvalue weighted by molar-refractivity contribution is -0.141. The Balaban J connectivity index is 2.16. The average molecular weight is 257 g/mol. The molecule has 0 aromatic heterocycles. The van der Waals surface area contributed by atoms with Gasteiger partial charge in [-0.2, -0.15) is 0 Å². The van der Waals surface area contributed by atoms with Gasteiger partial charge in [-0.1, -0.05) is 0 Å². The molecule has 0 aliphatic carbocycles. The summed E-state index contributed by atoms with van der Waals surface area (Å²) in [6, 6.07) is 0. The number of nitrogens with zero attached hydrogens (tertiary/aromatic N) is 1. The molecule has 1 unspecified atom stereocenters. The molecule has 18 heavy (non-hydrogen) atoms. The van der Waals surface area contributed by atoms with Gasteiger partial charge < -0.3 is 14.4 Å². The second-order valence-corrected chi connectivity index (χ2v) is 4.67. The van der Waals surface area contributed by atoms with Crippen molar-refractivity contribution in [1.29, 1.82) is 0 Å². The van der Waals surface area contributed by atoms with Crippen LogP contribution in [0.4, 0.5) is 0 Å². The van der Waals surface area contributed by atoms with Gasteiger partial charge in [0.15, 0.2) is 0 Å². The van der Waals surface area contributed by atoms with Crippen LogP contribution in [-0.2, 0) is 19.1 Å². The molecule has 1 fully saturated rings. The summed E-state index contributed by atoms with van der Waals surface area (Å²) in [7, 11) is 3.07. The number of carbonyl (C=O) groups excluding carboxylic acids is 2. The highest BCUT2D eigenvalue weighted by Crippen LogP contribution is 2.17. The van der Waals surface area contributed by atoms with E-state index in [1.54, 1.807) is 11.9 Å². The van der Waals surface area contributed by atoms with Crippen LogP contribution in [0.1, 0.15) is 38.5 Å². The van der Waals surface area contributed by atoms with Gasteiger partial charge in [-0.25, -0.2) is 0 Å². The van der Waals surface area contributed by atoms with Gasteiger partial charge in [0.05, 0.1) is 19.6 Å². The Kier molecular flexibility index (Phi) is 6.72. The number of carbonyl (C=O) groups is 2. The Morgan fingerprint density at radius 3 is 2.72 bits per heavy atom. The molecule has 0 bridgehead atoms. The predicted molar refractivity (Wildman–Crippen MR) is 67.1 cm³/mol. The zero-order valence-electron chi connectivity index (χ0n) is 11.3. The third kappa shape index (κ3) is 5.49. The van der Waals surface area contributed by atoms with Crippen LogP contribution >= 0.6 is 0 Å². The smallest absolute Gasteiger partial charge is 0.307 e. The molecule has 1 aliphatic rings. The average Bonchev–Trinajstić information content (AvgIpc) is 2.42. The summed E-state index contributed by atoms with van der Waals surface area (Å²) < 4.78 is 10.1. The van der Waals surface area contributed by atoms with Crippen LogP contribution in [0, 0.1) is 0 Å². The van der Waals surface area contributed by atoms with Crippen LogP contribution in [0.3, 0.4) is 0 Å². The van der Waals surface area contributed by atoms with Crippen molar-refractivity contribution in [2.24, 2.45) is 0 Å². The van der Waals surface area contributed by atoms with Crippen LogP contribution in [0.15, 0.2) is 0 Å². The number of hydrogen-bond donors (Lipinski definition) is 0. The quantitative estimate of drug-likeness (QED) is 0.674. The molecular formula is C13H23NO4. The minimum atomic E-state index is -0.287. The minimum Gasteiger partial charge on any atom is -0.469 e. The van der Waals surface area contributed by atoms with Gasteiger partial charge in [-0.05, 0) is 25.7 Å². The van der Waals surface area contributed by atoms with Crippen molar-refractivity contribution in [3.63, 3.8) is 0 Å². The molecule has 1 rings (SSSR count). The van der Waals surface area contributed by atoms with Gasteiger partial charge in [0, 0.05) is 26.6 Å². The number of methoxy groups -OCH3 is 1. The molecule has 1 aliphatic heterocycles. The number of rotatable bonds is 6. The van der Waals surface area contributed by atoms with Gasteiger partial charge >= 0.3 is 5.97 Å². The lowest BCUT2D eigenvalue weighted by Gasteiger charge is -2.23. The summed E-state index contributed by atoms with van der Waals surface area (Å²) in [5, 5.41) is 0. The minimum absolute atomic E-state index is 0.0630. The second kappa shape index (κ2) is 8.08. The number of hydrogen-bond acceptors (Lipinski definition) is 4. The van der Waals surface area contributed by atoms with E-state index in [1.165, 1.54) is 13.5 Å². The zero-order valence-corrected chi connectivity index (χ0v) is 11.3. The van der Waals surface area contributed by atoms with E-state index in [1.807, 2.05) is 0 Å². The van der Waals surface area contributed by atoms with E-state index in [2.05, 4.69) is 4.74 Å². The summed E-state index contributed by atoms with van der Waals surface area (Å²) in [5.74, 6) is -0.224. The standard InChI is InChI=1S/C13H23NO4/c1-14(9-8-13(16)17-2)12(15)7-6-11-5-3-4-10-18-11/h11H,3-10H2,1-2H3. The molecule has 0 radical (unpaired) electrons. The van der Waals surface area contributed by atoms with Gasteiger partial charge in [0.2, 0.25) is 5.91 Å². The van der Waals surface area contributed by atoms with Crippen molar-refractivity contribution < 1.29 is 19.1 Å². The van der Waals surface area contributed by atoms with Crippen LogP contribution in [0.5, 0.6) is 0 Å². The molecule has 0 aromatic rings. The molecule has 0 N–H and O–H groups in total. The molecule has 0 saturated carbocycles. The molecule has 1 heterocycles. The fraction of sp³-hybridized carbons (Fsp3) is 0.846.